The first kappa shape index (κ1) is 21.0. The summed E-state index contributed by atoms with van der Waals surface area (Å²) in [5, 5.41) is 7.84. The summed E-state index contributed by atoms with van der Waals surface area (Å²) in [6, 6.07) is 19.7. The van der Waals surface area contributed by atoms with Crippen molar-refractivity contribution < 1.29 is 14.0 Å². The summed E-state index contributed by atoms with van der Waals surface area (Å²) in [6.07, 6.45) is 0. The SMILES string of the molecule is O=C(CN1CCN(CC(=O)Nc2cccc3ccccc23)CC1)Nc1cccc(F)c1. The van der Waals surface area contributed by atoms with E-state index in [-0.39, 0.29) is 24.2 Å². The second kappa shape index (κ2) is 9.68. The first-order chi connectivity index (χ1) is 15.1. The fraction of sp³-hybridized carbons (Fsp3) is 0.250. The van der Waals surface area contributed by atoms with Gasteiger partial charge in [0.1, 0.15) is 5.82 Å². The third-order valence-electron chi connectivity index (χ3n) is 5.37. The number of nitrogens with one attached hydrogen (secondary N) is 2. The zero-order chi connectivity index (χ0) is 21.6. The number of anilines is 2. The largest absolute Gasteiger partial charge is 0.325 e. The third-order valence-corrected chi connectivity index (χ3v) is 5.37. The van der Waals surface area contributed by atoms with E-state index in [9.17, 15) is 14.0 Å². The van der Waals surface area contributed by atoms with Crippen LogP contribution >= 0.6 is 0 Å². The van der Waals surface area contributed by atoms with Gasteiger partial charge in [-0.1, -0.05) is 42.5 Å². The lowest BCUT2D eigenvalue weighted by Gasteiger charge is -2.33. The number of fused-ring (bicyclic) bond motifs is 1. The standard InChI is InChI=1S/C24H25FN4O2/c25-19-7-4-8-20(15-19)26-23(30)16-28-11-13-29(14-12-28)17-24(31)27-22-10-3-6-18-5-1-2-9-21(18)22/h1-10,15H,11-14,16-17H2,(H,26,30)(H,27,31). The van der Waals surface area contributed by atoms with Crippen LogP contribution in [-0.2, 0) is 9.59 Å². The van der Waals surface area contributed by atoms with Crippen molar-refractivity contribution in [2.75, 3.05) is 49.9 Å². The first-order valence-corrected chi connectivity index (χ1v) is 10.3. The fourth-order valence-electron chi connectivity index (χ4n) is 3.80. The molecule has 1 heterocycles. The van der Waals surface area contributed by atoms with Crippen LogP contribution in [0.4, 0.5) is 15.8 Å². The van der Waals surface area contributed by atoms with E-state index >= 15 is 0 Å². The normalized spacial score (nSPS) is 15.0. The Morgan fingerprint density at radius 1 is 0.774 bits per heavy atom. The smallest absolute Gasteiger partial charge is 0.238 e. The molecule has 4 rings (SSSR count). The predicted molar refractivity (Wildman–Crippen MR) is 120 cm³/mol. The van der Waals surface area contributed by atoms with Gasteiger partial charge < -0.3 is 10.6 Å². The fourth-order valence-corrected chi connectivity index (χ4v) is 3.80. The first-order valence-electron chi connectivity index (χ1n) is 10.3. The zero-order valence-electron chi connectivity index (χ0n) is 17.2. The van der Waals surface area contributed by atoms with Crippen molar-refractivity contribution >= 4 is 34.0 Å². The van der Waals surface area contributed by atoms with Gasteiger partial charge in [-0.25, -0.2) is 4.39 Å². The topological polar surface area (TPSA) is 64.7 Å². The molecule has 0 atom stereocenters. The Labute approximate surface area is 180 Å². The zero-order valence-corrected chi connectivity index (χ0v) is 17.2. The van der Waals surface area contributed by atoms with Gasteiger partial charge in [0.05, 0.1) is 13.1 Å². The highest BCUT2D eigenvalue weighted by molar-refractivity contribution is 6.02. The molecule has 1 fully saturated rings. The van der Waals surface area contributed by atoms with Crippen LogP contribution in [0.2, 0.25) is 0 Å². The Balaban J connectivity index is 1.23. The highest BCUT2D eigenvalue weighted by Crippen LogP contribution is 2.22. The van der Waals surface area contributed by atoms with E-state index in [2.05, 4.69) is 15.5 Å². The van der Waals surface area contributed by atoms with Crippen LogP contribution in [0.5, 0.6) is 0 Å². The van der Waals surface area contributed by atoms with Gasteiger partial charge in [-0.15, -0.1) is 0 Å². The van der Waals surface area contributed by atoms with Crippen molar-refractivity contribution in [3.63, 3.8) is 0 Å². The number of benzene rings is 3. The summed E-state index contributed by atoms with van der Waals surface area (Å²) in [6.45, 7) is 3.35. The number of halogens is 1. The minimum absolute atomic E-state index is 0.0475. The van der Waals surface area contributed by atoms with Crippen molar-refractivity contribution in [2.24, 2.45) is 0 Å². The van der Waals surface area contributed by atoms with E-state index < -0.39 is 0 Å². The maximum Gasteiger partial charge on any atom is 0.238 e. The molecule has 2 amide bonds. The van der Waals surface area contributed by atoms with Gasteiger partial charge in [0.15, 0.2) is 0 Å². The van der Waals surface area contributed by atoms with Crippen molar-refractivity contribution in [1.82, 2.24) is 9.80 Å². The van der Waals surface area contributed by atoms with Gasteiger partial charge in [-0.05, 0) is 29.7 Å². The Hall–Kier alpha value is -3.29. The molecule has 0 radical (unpaired) electrons. The average molecular weight is 420 g/mol. The van der Waals surface area contributed by atoms with Gasteiger partial charge >= 0.3 is 0 Å². The Morgan fingerprint density at radius 2 is 1.39 bits per heavy atom. The molecule has 0 aliphatic carbocycles. The maximum atomic E-state index is 13.2. The molecule has 1 saturated heterocycles. The quantitative estimate of drug-likeness (QED) is 0.643. The molecule has 0 saturated carbocycles. The Morgan fingerprint density at radius 3 is 2.10 bits per heavy atom. The maximum absolute atomic E-state index is 13.2. The van der Waals surface area contributed by atoms with Gasteiger partial charge in [-0.3, -0.25) is 19.4 Å². The lowest BCUT2D eigenvalue weighted by atomic mass is 10.1. The molecule has 0 spiro atoms. The predicted octanol–water partition coefficient (Wildman–Crippen LogP) is 3.17. The number of rotatable bonds is 6. The highest BCUT2D eigenvalue weighted by atomic mass is 19.1. The van der Waals surface area contributed by atoms with Crippen LogP contribution in [0.1, 0.15) is 0 Å². The summed E-state index contributed by atoms with van der Waals surface area (Å²) in [5.41, 5.74) is 1.27. The number of hydrogen-bond acceptors (Lipinski definition) is 4. The molecule has 7 heteroatoms. The van der Waals surface area contributed by atoms with Gasteiger partial charge in [0.2, 0.25) is 11.8 Å². The van der Waals surface area contributed by atoms with Crippen molar-refractivity contribution in [2.45, 2.75) is 0 Å². The summed E-state index contributed by atoms with van der Waals surface area (Å²) >= 11 is 0. The van der Waals surface area contributed by atoms with Gasteiger partial charge in [0, 0.05) is 42.9 Å². The molecule has 160 valence electrons. The van der Waals surface area contributed by atoms with E-state index in [4.69, 9.17) is 0 Å². The molecule has 2 N–H and O–H groups in total. The second-order valence-electron chi connectivity index (χ2n) is 7.69. The molecule has 6 nitrogen and oxygen atoms in total. The molecular formula is C24H25FN4O2. The van der Waals surface area contributed by atoms with E-state index in [1.165, 1.54) is 12.1 Å². The lowest BCUT2D eigenvalue weighted by Crippen LogP contribution is -2.50. The molecule has 0 aromatic heterocycles. The average Bonchev–Trinajstić information content (AvgIpc) is 2.75. The van der Waals surface area contributed by atoms with Crippen LogP contribution in [0, 0.1) is 5.82 Å². The molecule has 31 heavy (non-hydrogen) atoms. The molecule has 1 aliphatic rings. The number of amides is 2. The highest BCUT2D eigenvalue weighted by Gasteiger charge is 2.21. The van der Waals surface area contributed by atoms with Crippen LogP contribution < -0.4 is 10.6 Å². The van der Waals surface area contributed by atoms with Crippen LogP contribution in [0.3, 0.4) is 0 Å². The van der Waals surface area contributed by atoms with Crippen LogP contribution in [-0.4, -0.2) is 60.9 Å². The molecule has 1 aliphatic heterocycles. The van der Waals surface area contributed by atoms with Crippen LogP contribution in [0.25, 0.3) is 10.8 Å². The van der Waals surface area contributed by atoms with Crippen LogP contribution in [0.15, 0.2) is 66.7 Å². The van der Waals surface area contributed by atoms with Gasteiger partial charge in [0.25, 0.3) is 0 Å². The summed E-state index contributed by atoms with van der Waals surface area (Å²) in [5.74, 6) is -0.602. The van der Waals surface area contributed by atoms with Crippen molar-refractivity contribution in [3.05, 3.63) is 72.5 Å². The lowest BCUT2D eigenvalue weighted by molar-refractivity contribution is -0.120. The molecule has 0 bridgehead atoms. The minimum Gasteiger partial charge on any atom is -0.325 e. The third kappa shape index (κ3) is 5.65. The van der Waals surface area contributed by atoms with E-state index in [0.29, 0.717) is 38.4 Å². The van der Waals surface area contributed by atoms with Gasteiger partial charge in [-0.2, -0.15) is 0 Å². The molecule has 3 aromatic carbocycles. The molecule has 0 unspecified atom stereocenters. The van der Waals surface area contributed by atoms with E-state index in [1.54, 1.807) is 12.1 Å². The Kier molecular flexibility index (Phi) is 6.54. The number of nitrogens with zero attached hydrogens (tertiary/aromatic N) is 2. The number of hydrogen-bond donors (Lipinski definition) is 2. The van der Waals surface area contributed by atoms with Crippen molar-refractivity contribution in [3.8, 4) is 0 Å². The monoisotopic (exact) mass is 420 g/mol. The second-order valence-corrected chi connectivity index (χ2v) is 7.69. The molecule has 3 aromatic rings. The van der Waals surface area contributed by atoms with E-state index in [1.807, 2.05) is 47.4 Å². The number of carbonyl (C=O) groups is 2. The number of carbonyl (C=O) groups excluding carboxylic acids is 2. The summed E-state index contributed by atoms with van der Waals surface area (Å²) < 4.78 is 13.2. The number of piperazine rings is 1. The van der Waals surface area contributed by atoms with E-state index in [0.717, 1.165) is 16.5 Å². The summed E-state index contributed by atoms with van der Waals surface area (Å²) in [7, 11) is 0. The molecular weight excluding hydrogens is 395 g/mol. The minimum atomic E-state index is -0.381. The Bertz CT molecular complexity index is 1070. The summed E-state index contributed by atoms with van der Waals surface area (Å²) in [4.78, 5) is 28.9. The van der Waals surface area contributed by atoms with Crippen molar-refractivity contribution in [1.29, 1.82) is 0 Å².